The molecule has 0 saturated carbocycles. The molecule has 0 spiro atoms. The third kappa shape index (κ3) is 1.94. The Kier molecular flexibility index (Phi) is 2.70. The van der Waals surface area contributed by atoms with Crippen LogP contribution in [-0.4, -0.2) is 6.61 Å². The lowest BCUT2D eigenvalue weighted by molar-refractivity contribution is -0.777. The second-order valence-corrected chi connectivity index (χ2v) is 3.36. The molecule has 1 heterocycles. The van der Waals surface area contributed by atoms with Crippen LogP contribution in [0.1, 0.15) is 5.56 Å². The highest BCUT2D eigenvalue weighted by Gasteiger charge is 2.12. The first-order valence-corrected chi connectivity index (χ1v) is 4.53. The van der Waals surface area contributed by atoms with E-state index in [1.165, 1.54) is 0 Å². The second kappa shape index (κ2) is 3.97. The standard InChI is InChI=1S/C8H8O4S/c9-11-12-13-7-1-2-8-6(5-7)3-4-10-8/h1-2,5,9H,3-4H2/p-1. The first kappa shape index (κ1) is 8.83. The van der Waals surface area contributed by atoms with Gasteiger partial charge in [0.15, 0.2) is 0 Å². The molecule has 0 unspecified atom stereocenters. The van der Waals surface area contributed by atoms with E-state index < -0.39 is 0 Å². The third-order valence-electron chi connectivity index (χ3n) is 1.82. The largest absolute Gasteiger partial charge is 0.691 e. The van der Waals surface area contributed by atoms with Crippen molar-refractivity contribution >= 4 is 12.0 Å². The van der Waals surface area contributed by atoms with Crippen molar-refractivity contribution < 1.29 is 19.4 Å². The third-order valence-corrected chi connectivity index (χ3v) is 2.39. The smallest absolute Gasteiger partial charge is 0.122 e. The van der Waals surface area contributed by atoms with Crippen molar-refractivity contribution in [1.29, 1.82) is 0 Å². The summed E-state index contributed by atoms with van der Waals surface area (Å²) in [6.45, 7) is 0.725. The molecule has 0 amide bonds. The van der Waals surface area contributed by atoms with E-state index in [1.54, 1.807) is 0 Å². The fourth-order valence-electron chi connectivity index (χ4n) is 1.27. The SMILES string of the molecule is [O-]OOSc1ccc2c(c1)CCO2. The van der Waals surface area contributed by atoms with E-state index in [2.05, 4.69) is 9.37 Å². The maximum atomic E-state index is 9.57. The summed E-state index contributed by atoms with van der Waals surface area (Å²) >= 11 is 0.896. The molecule has 5 heteroatoms. The van der Waals surface area contributed by atoms with Gasteiger partial charge in [-0.2, -0.15) is 4.33 Å². The Morgan fingerprint density at radius 1 is 1.46 bits per heavy atom. The normalized spacial score (nSPS) is 13.9. The van der Waals surface area contributed by atoms with Gasteiger partial charge in [0.25, 0.3) is 0 Å². The predicted octanol–water partition coefficient (Wildman–Crippen LogP) is 0.852. The number of fused-ring (bicyclic) bond motifs is 1. The molecular weight excluding hydrogens is 192 g/mol. The topological polar surface area (TPSA) is 50.8 Å². The van der Waals surface area contributed by atoms with Crippen LogP contribution in [0.15, 0.2) is 23.1 Å². The molecule has 0 saturated heterocycles. The molecule has 1 aromatic rings. The zero-order valence-electron chi connectivity index (χ0n) is 6.69. The molecule has 0 fully saturated rings. The van der Waals surface area contributed by atoms with Gasteiger partial charge in [0.1, 0.15) is 5.75 Å². The minimum Gasteiger partial charge on any atom is -0.691 e. The summed E-state index contributed by atoms with van der Waals surface area (Å²) in [6.07, 6.45) is 0.905. The number of ether oxygens (including phenoxy) is 1. The van der Waals surface area contributed by atoms with E-state index in [1.807, 2.05) is 18.2 Å². The molecule has 0 N–H and O–H groups in total. The van der Waals surface area contributed by atoms with Crippen molar-refractivity contribution in [1.82, 2.24) is 0 Å². The summed E-state index contributed by atoms with van der Waals surface area (Å²) < 4.78 is 9.51. The molecular formula is C8H7O4S-. The number of benzene rings is 1. The maximum Gasteiger partial charge on any atom is 0.122 e. The van der Waals surface area contributed by atoms with Crippen LogP contribution in [0.5, 0.6) is 5.75 Å². The number of hydrogen-bond donors (Lipinski definition) is 0. The van der Waals surface area contributed by atoms with Crippen molar-refractivity contribution in [3.05, 3.63) is 23.8 Å². The van der Waals surface area contributed by atoms with Gasteiger partial charge in [0, 0.05) is 11.3 Å². The first-order chi connectivity index (χ1) is 6.40. The summed E-state index contributed by atoms with van der Waals surface area (Å²) in [7, 11) is 0. The van der Waals surface area contributed by atoms with Gasteiger partial charge in [0.2, 0.25) is 0 Å². The monoisotopic (exact) mass is 199 g/mol. The highest BCUT2D eigenvalue weighted by molar-refractivity contribution is 7.94. The van der Waals surface area contributed by atoms with Crippen molar-refractivity contribution in [3.63, 3.8) is 0 Å². The summed E-state index contributed by atoms with van der Waals surface area (Å²) in [4.78, 5) is 0.833. The van der Waals surface area contributed by atoms with E-state index in [-0.39, 0.29) is 0 Å². The Balaban J connectivity index is 2.12. The number of hydrogen-bond acceptors (Lipinski definition) is 5. The fourth-order valence-corrected chi connectivity index (χ4v) is 1.69. The minimum absolute atomic E-state index is 0.725. The van der Waals surface area contributed by atoms with E-state index in [0.29, 0.717) is 0 Å². The summed E-state index contributed by atoms with van der Waals surface area (Å²) in [6, 6.07) is 5.60. The molecule has 0 aliphatic carbocycles. The Morgan fingerprint density at radius 2 is 2.38 bits per heavy atom. The molecule has 0 atom stereocenters. The van der Waals surface area contributed by atoms with Crippen molar-refractivity contribution in [2.45, 2.75) is 11.3 Å². The highest BCUT2D eigenvalue weighted by Crippen LogP contribution is 2.30. The van der Waals surface area contributed by atoms with Crippen molar-refractivity contribution in [3.8, 4) is 5.75 Å². The van der Waals surface area contributed by atoms with Crippen LogP contribution in [0, 0.1) is 0 Å². The van der Waals surface area contributed by atoms with Crippen LogP contribution < -0.4 is 9.99 Å². The summed E-state index contributed by atoms with van der Waals surface area (Å²) in [5, 5.41) is 12.8. The zero-order chi connectivity index (χ0) is 9.10. The van der Waals surface area contributed by atoms with Crippen LogP contribution in [0.25, 0.3) is 0 Å². The van der Waals surface area contributed by atoms with E-state index >= 15 is 0 Å². The molecule has 70 valence electrons. The first-order valence-electron chi connectivity index (χ1n) is 3.79. The average molecular weight is 199 g/mol. The molecule has 4 nitrogen and oxygen atoms in total. The molecule has 0 radical (unpaired) electrons. The fraction of sp³-hybridized carbons (Fsp3) is 0.250. The lowest BCUT2D eigenvalue weighted by Crippen LogP contribution is -2.00. The molecule has 13 heavy (non-hydrogen) atoms. The molecule has 1 aliphatic rings. The van der Waals surface area contributed by atoms with Crippen LogP contribution in [-0.2, 0) is 15.8 Å². The lowest BCUT2D eigenvalue weighted by atomic mass is 10.2. The summed E-state index contributed by atoms with van der Waals surface area (Å²) in [5.74, 6) is 0.910. The predicted molar refractivity (Wildman–Crippen MR) is 43.7 cm³/mol. The van der Waals surface area contributed by atoms with Crippen molar-refractivity contribution in [2.75, 3.05) is 6.61 Å². The average Bonchev–Trinajstić information content (AvgIpc) is 2.61. The van der Waals surface area contributed by atoms with Crippen LogP contribution in [0.4, 0.5) is 0 Å². The van der Waals surface area contributed by atoms with E-state index in [9.17, 15) is 5.26 Å². The Hall–Kier alpha value is -0.750. The van der Waals surface area contributed by atoms with E-state index in [0.717, 1.165) is 41.3 Å². The van der Waals surface area contributed by atoms with Gasteiger partial charge in [-0.1, -0.05) is 0 Å². The van der Waals surface area contributed by atoms with Gasteiger partial charge < -0.3 is 9.99 Å². The van der Waals surface area contributed by atoms with Crippen molar-refractivity contribution in [2.24, 2.45) is 0 Å². The molecule has 1 aliphatic heterocycles. The Bertz CT molecular complexity index is 302. The number of rotatable bonds is 3. The maximum absolute atomic E-state index is 9.57. The molecule has 0 aromatic heterocycles. The molecule has 2 rings (SSSR count). The van der Waals surface area contributed by atoms with Gasteiger partial charge in [0.05, 0.1) is 18.6 Å². The highest BCUT2D eigenvalue weighted by atomic mass is 32.2. The van der Waals surface area contributed by atoms with Gasteiger partial charge in [-0.3, -0.25) is 5.04 Å². The van der Waals surface area contributed by atoms with E-state index in [4.69, 9.17) is 4.74 Å². The Morgan fingerprint density at radius 3 is 3.23 bits per heavy atom. The van der Waals surface area contributed by atoms with Gasteiger partial charge >= 0.3 is 0 Å². The van der Waals surface area contributed by atoms with Crippen LogP contribution >= 0.6 is 12.0 Å². The van der Waals surface area contributed by atoms with Crippen LogP contribution in [0.2, 0.25) is 0 Å². The molecule has 0 bridgehead atoms. The second-order valence-electron chi connectivity index (χ2n) is 2.59. The van der Waals surface area contributed by atoms with Gasteiger partial charge in [-0.25, -0.2) is 0 Å². The minimum atomic E-state index is 0.725. The quantitative estimate of drug-likeness (QED) is 0.410. The van der Waals surface area contributed by atoms with Gasteiger partial charge in [-0.15, -0.1) is 0 Å². The Labute approximate surface area is 79.5 Å². The lowest BCUT2D eigenvalue weighted by Gasteiger charge is -2.04. The zero-order valence-corrected chi connectivity index (χ0v) is 7.50. The van der Waals surface area contributed by atoms with Crippen LogP contribution in [0.3, 0.4) is 0 Å². The molecule has 1 aromatic carbocycles. The van der Waals surface area contributed by atoms with Gasteiger partial charge in [-0.05, 0) is 23.8 Å². The summed E-state index contributed by atoms with van der Waals surface area (Å²) in [5.41, 5.74) is 1.14.